The molecular formula is C21H38IN5O. The van der Waals surface area contributed by atoms with E-state index in [1.165, 1.54) is 5.56 Å². The molecule has 6 nitrogen and oxygen atoms in total. The molecule has 1 aromatic rings. The number of likely N-dealkylation sites (N-methyl/N-ethyl adjacent to an activating group) is 1. The topological polar surface area (TPSA) is 52.1 Å². The van der Waals surface area contributed by atoms with Crippen LogP contribution >= 0.6 is 24.0 Å². The highest BCUT2D eigenvalue weighted by molar-refractivity contribution is 14.0. The van der Waals surface area contributed by atoms with E-state index in [1.807, 2.05) is 0 Å². The van der Waals surface area contributed by atoms with Crippen LogP contribution in [0.15, 0.2) is 35.3 Å². The minimum absolute atomic E-state index is 0. The Bertz CT molecular complexity index is 557. The average Bonchev–Trinajstić information content (AvgIpc) is 2.67. The monoisotopic (exact) mass is 503 g/mol. The van der Waals surface area contributed by atoms with Crippen molar-refractivity contribution in [3.8, 4) is 0 Å². The van der Waals surface area contributed by atoms with Gasteiger partial charge in [0.1, 0.15) is 0 Å². The summed E-state index contributed by atoms with van der Waals surface area (Å²) in [6, 6.07) is 11.6. The minimum atomic E-state index is 0. The molecule has 0 amide bonds. The number of methoxy groups -OCH3 is 1. The zero-order chi connectivity index (χ0) is 19.5. The van der Waals surface area contributed by atoms with Gasteiger partial charge < -0.3 is 20.3 Å². The molecule has 2 unspecified atom stereocenters. The molecule has 0 aromatic heterocycles. The molecule has 1 aliphatic rings. The van der Waals surface area contributed by atoms with Crippen molar-refractivity contribution in [3.05, 3.63) is 35.9 Å². The van der Waals surface area contributed by atoms with Gasteiger partial charge in [-0.1, -0.05) is 30.3 Å². The van der Waals surface area contributed by atoms with Gasteiger partial charge in [-0.15, -0.1) is 24.0 Å². The van der Waals surface area contributed by atoms with E-state index in [1.54, 1.807) is 7.11 Å². The van der Waals surface area contributed by atoms with Gasteiger partial charge in [-0.05, 0) is 32.9 Å². The lowest BCUT2D eigenvalue weighted by Crippen LogP contribution is -2.47. The van der Waals surface area contributed by atoms with Crippen LogP contribution in [-0.2, 0) is 4.74 Å². The zero-order valence-corrected chi connectivity index (χ0v) is 20.2. The third-order valence-electron chi connectivity index (χ3n) is 4.90. The van der Waals surface area contributed by atoms with Crippen molar-refractivity contribution < 1.29 is 4.74 Å². The molecule has 1 aromatic carbocycles. The quantitative estimate of drug-likeness (QED) is 0.235. The smallest absolute Gasteiger partial charge is 0.191 e. The number of nitrogens with zero attached hydrogens (tertiary/aromatic N) is 3. The van der Waals surface area contributed by atoms with Crippen molar-refractivity contribution in [3.63, 3.8) is 0 Å². The first-order valence-corrected chi connectivity index (χ1v) is 10.1. The maximum atomic E-state index is 5.19. The SMILES string of the molecule is CCNC(=NCCCN1CCN(C)CC1c1ccccc1)NC(C)COC.I. The maximum absolute atomic E-state index is 5.19. The van der Waals surface area contributed by atoms with Crippen LogP contribution in [0.1, 0.15) is 31.9 Å². The summed E-state index contributed by atoms with van der Waals surface area (Å²) in [6.07, 6.45) is 1.06. The third kappa shape index (κ3) is 8.63. The Hall–Kier alpha value is -0.900. The standard InChI is InChI=1S/C21H37N5O.HI/c1-5-22-21(24-18(2)17-27-4)23-12-9-13-26-15-14-25(3)16-20(26)19-10-7-6-8-11-19;/h6-8,10-11,18,20H,5,9,12-17H2,1-4H3,(H2,22,23,24);1H. The molecule has 2 atom stereocenters. The lowest BCUT2D eigenvalue weighted by molar-refractivity contribution is 0.0894. The lowest BCUT2D eigenvalue weighted by Gasteiger charge is -2.40. The molecule has 1 saturated heterocycles. The largest absolute Gasteiger partial charge is 0.383 e. The molecule has 160 valence electrons. The molecule has 7 heteroatoms. The number of hydrogen-bond donors (Lipinski definition) is 2. The maximum Gasteiger partial charge on any atom is 0.191 e. The molecule has 0 bridgehead atoms. The molecule has 1 fully saturated rings. The van der Waals surface area contributed by atoms with Gasteiger partial charge in [0.05, 0.1) is 6.61 Å². The lowest BCUT2D eigenvalue weighted by atomic mass is 10.0. The minimum Gasteiger partial charge on any atom is -0.383 e. The third-order valence-corrected chi connectivity index (χ3v) is 4.90. The van der Waals surface area contributed by atoms with Gasteiger partial charge in [0.2, 0.25) is 0 Å². The van der Waals surface area contributed by atoms with Crippen LogP contribution in [-0.4, -0.2) is 81.8 Å². The number of benzene rings is 1. The molecule has 1 aliphatic heterocycles. The van der Waals surface area contributed by atoms with Crippen LogP contribution in [0, 0.1) is 0 Å². The second-order valence-corrected chi connectivity index (χ2v) is 7.34. The number of rotatable bonds is 9. The van der Waals surface area contributed by atoms with Crippen molar-refractivity contribution in [1.29, 1.82) is 0 Å². The van der Waals surface area contributed by atoms with E-state index in [-0.39, 0.29) is 30.0 Å². The number of ether oxygens (including phenoxy) is 1. The van der Waals surface area contributed by atoms with Crippen molar-refractivity contribution >= 4 is 29.9 Å². The van der Waals surface area contributed by atoms with Crippen molar-refractivity contribution in [2.75, 3.05) is 60.0 Å². The van der Waals surface area contributed by atoms with E-state index in [0.29, 0.717) is 12.6 Å². The van der Waals surface area contributed by atoms with Crippen LogP contribution < -0.4 is 10.6 Å². The van der Waals surface area contributed by atoms with Crippen molar-refractivity contribution in [2.24, 2.45) is 4.99 Å². The fourth-order valence-electron chi connectivity index (χ4n) is 3.53. The van der Waals surface area contributed by atoms with E-state index in [2.05, 4.69) is 71.7 Å². The fourth-order valence-corrected chi connectivity index (χ4v) is 3.53. The molecule has 1 heterocycles. The van der Waals surface area contributed by atoms with Gasteiger partial charge in [-0.2, -0.15) is 0 Å². The van der Waals surface area contributed by atoms with Crippen LogP contribution in [0.4, 0.5) is 0 Å². The first kappa shape index (κ1) is 25.1. The highest BCUT2D eigenvalue weighted by Crippen LogP contribution is 2.24. The second-order valence-electron chi connectivity index (χ2n) is 7.34. The Morgan fingerprint density at radius 3 is 2.71 bits per heavy atom. The normalized spacial score (nSPS) is 19.7. The molecule has 0 radical (unpaired) electrons. The Morgan fingerprint density at radius 2 is 2.04 bits per heavy atom. The number of guanidine groups is 1. The average molecular weight is 503 g/mol. The van der Waals surface area contributed by atoms with Crippen molar-refractivity contribution in [1.82, 2.24) is 20.4 Å². The highest BCUT2D eigenvalue weighted by Gasteiger charge is 2.25. The summed E-state index contributed by atoms with van der Waals surface area (Å²) in [5.41, 5.74) is 1.41. The van der Waals surface area contributed by atoms with Gasteiger partial charge in [0.15, 0.2) is 5.96 Å². The molecule has 0 saturated carbocycles. The zero-order valence-electron chi connectivity index (χ0n) is 17.9. The van der Waals surface area contributed by atoms with Crippen LogP contribution in [0.25, 0.3) is 0 Å². The van der Waals surface area contributed by atoms with Crippen LogP contribution in [0.5, 0.6) is 0 Å². The molecule has 2 rings (SSSR count). The number of piperazine rings is 1. The van der Waals surface area contributed by atoms with Gasteiger partial charge in [0.25, 0.3) is 0 Å². The summed E-state index contributed by atoms with van der Waals surface area (Å²) < 4.78 is 5.19. The van der Waals surface area contributed by atoms with Crippen LogP contribution in [0.3, 0.4) is 0 Å². The Labute approximate surface area is 188 Å². The second kappa shape index (κ2) is 14.1. The number of aliphatic imine (C=N–C) groups is 1. The summed E-state index contributed by atoms with van der Waals surface area (Å²) in [4.78, 5) is 9.77. The summed E-state index contributed by atoms with van der Waals surface area (Å²) in [7, 11) is 3.94. The summed E-state index contributed by atoms with van der Waals surface area (Å²) in [5, 5.41) is 6.71. The van der Waals surface area contributed by atoms with Gasteiger partial charge in [-0.3, -0.25) is 9.89 Å². The van der Waals surface area contributed by atoms with Crippen molar-refractivity contribution in [2.45, 2.75) is 32.4 Å². The number of hydrogen-bond acceptors (Lipinski definition) is 4. The molecular weight excluding hydrogens is 465 g/mol. The summed E-state index contributed by atoms with van der Waals surface area (Å²) >= 11 is 0. The van der Waals surface area contributed by atoms with E-state index in [9.17, 15) is 0 Å². The van der Waals surface area contributed by atoms with E-state index < -0.39 is 0 Å². The first-order chi connectivity index (χ1) is 13.1. The fraction of sp³-hybridized carbons (Fsp3) is 0.667. The molecule has 0 spiro atoms. The van der Waals surface area contributed by atoms with E-state index in [4.69, 9.17) is 9.73 Å². The summed E-state index contributed by atoms with van der Waals surface area (Å²) in [5.74, 6) is 0.875. The van der Waals surface area contributed by atoms with Gasteiger partial charge in [-0.25, -0.2) is 0 Å². The predicted molar refractivity (Wildman–Crippen MR) is 129 cm³/mol. The van der Waals surface area contributed by atoms with E-state index >= 15 is 0 Å². The molecule has 2 N–H and O–H groups in total. The molecule has 28 heavy (non-hydrogen) atoms. The Morgan fingerprint density at radius 1 is 1.29 bits per heavy atom. The highest BCUT2D eigenvalue weighted by atomic mass is 127. The number of nitrogens with one attached hydrogen (secondary N) is 2. The Kier molecular flexibility index (Phi) is 12.7. The summed E-state index contributed by atoms with van der Waals surface area (Å²) in [6.45, 7) is 11.0. The van der Waals surface area contributed by atoms with Crippen LogP contribution in [0.2, 0.25) is 0 Å². The van der Waals surface area contributed by atoms with Gasteiger partial charge in [0, 0.05) is 58.5 Å². The molecule has 0 aliphatic carbocycles. The first-order valence-electron chi connectivity index (χ1n) is 10.1. The number of halogens is 1. The van der Waals surface area contributed by atoms with Gasteiger partial charge >= 0.3 is 0 Å². The Balaban J connectivity index is 0.00000392. The predicted octanol–water partition coefficient (Wildman–Crippen LogP) is 2.57. The van der Waals surface area contributed by atoms with E-state index in [0.717, 1.165) is 51.6 Å².